The Morgan fingerprint density at radius 3 is 2.86 bits per heavy atom. The van der Waals surface area contributed by atoms with E-state index in [1.807, 2.05) is 16.7 Å². The van der Waals surface area contributed by atoms with E-state index in [4.69, 9.17) is 5.11 Å². The van der Waals surface area contributed by atoms with Crippen LogP contribution in [0.2, 0.25) is 0 Å². The molecule has 2 heterocycles. The van der Waals surface area contributed by atoms with Crippen molar-refractivity contribution in [3.8, 4) is 0 Å². The number of nitrogens with zero attached hydrogens (tertiary/aromatic N) is 2. The second-order valence-corrected chi connectivity index (χ2v) is 3.75. The summed E-state index contributed by atoms with van der Waals surface area (Å²) in [5, 5.41) is 9.09. The predicted molar refractivity (Wildman–Crippen MR) is 55.2 cm³/mol. The Bertz CT molecular complexity index is 445. The van der Waals surface area contributed by atoms with E-state index in [2.05, 4.69) is 24.9 Å². The topological polar surface area (TPSA) is 37.5 Å². The molecule has 0 saturated heterocycles. The van der Waals surface area contributed by atoms with Crippen LogP contribution < -0.4 is 0 Å². The van der Waals surface area contributed by atoms with Gasteiger partial charge in [-0.25, -0.2) is 4.98 Å². The molecule has 3 heteroatoms. The lowest BCUT2D eigenvalue weighted by Gasteiger charge is -2.06. The summed E-state index contributed by atoms with van der Waals surface area (Å²) in [7, 11) is 0. The molecule has 14 heavy (non-hydrogen) atoms. The molecular weight excluding hydrogens is 176 g/mol. The van der Waals surface area contributed by atoms with Gasteiger partial charge in [0, 0.05) is 6.20 Å². The van der Waals surface area contributed by atoms with Gasteiger partial charge in [-0.15, -0.1) is 0 Å². The highest BCUT2D eigenvalue weighted by atomic mass is 16.3. The fourth-order valence-corrected chi connectivity index (χ4v) is 1.51. The average molecular weight is 190 g/mol. The molecule has 0 saturated carbocycles. The van der Waals surface area contributed by atoms with Crippen LogP contribution in [0, 0.1) is 0 Å². The molecule has 0 aromatic carbocycles. The maximum atomic E-state index is 9.09. The number of aliphatic hydroxyl groups excluding tert-OH is 1. The minimum atomic E-state index is 0.0305. The predicted octanol–water partition coefficient (Wildman–Crippen LogP) is 1.95. The van der Waals surface area contributed by atoms with Crippen LogP contribution in [0.3, 0.4) is 0 Å². The number of hydrogen-bond donors (Lipinski definition) is 1. The Balaban J connectivity index is 2.61. The normalized spacial score (nSPS) is 11.4. The lowest BCUT2D eigenvalue weighted by atomic mass is 10.1. The highest BCUT2D eigenvalue weighted by Crippen LogP contribution is 2.16. The molecule has 0 bridgehead atoms. The van der Waals surface area contributed by atoms with Gasteiger partial charge in [0.25, 0.3) is 0 Å². The first-order chi connectivity index (χ1) is 6.72. The van der Waals surface area contributed by atoms with Crippen LogP contribution in [0.4, 0.5) is 0 Å². The van der Waals surface area contributed by atoms with Crippen molar-refractivity contribution in [2.75, 3.05) is 0 Å². The molecule has 0 aliphatic heterocycles. The number of hydrogen-bond acceptors (Lipinski definition) is 2. The van der Waals surface area contributed by atoms with Gasteiger partial charge >= 0.3 is 0 Å². The van der Waals surface area contributed by atoms with Crippen LogP contribution in [0.25, 0.3) is 5.65 Å². The summed E-state index contributed by atoms with van der Waals surface area (Å²) < 4.78 is 1.94. The number of pyridine rings is 1. The molecule has 1 N–H and O–H groups in total. The molecular formula is C11H14N2O. The zero-order valence-corrected chi connectivity index (χ0v) is 8.44. The molecule has 0 spiro atoms. The standard InChI is InChI=1S/C11H14N2O/c1-8(2)9-3-4-11-12-5-10(7-14)13(11)6-9/h3-6,8,14H,7H2,1-2H3. The zero-order chi connectivity index (χ0) is 10.1. The van der Waals surface area contributed by atoms with Crippen molar-refractivity contribution in [1.82, 2.24) is 9.38 Å². The Morgan fingerprint density at radius 1 is 1.43 bits per heavy atom. The Kier molecular flexibility index (Phi) is 2.25. The van der Waals surface area contributed by atoms with Gasteiger partial charge in [-0.05, 0) is 17.5 Å². The third-order valence-corrected chi connectivity index (χ3v) is 2.43. The molecule has 0 amide bonds. The zero-order valence-electron chi connectivity index (χ0n) is 8.44. The SMILES string of the molecule is CC(C)c1ccc2ncc(CO)n2c1. The van der Waals surface area contributed by atoms with E-state index < -0.39 is 0 Å². The fourth-order valence-electron chi connectivity index (χ4n) is 1.51. The summed E-state index contributed by atoms with van der Waals surface area (Å²) in [5.74, 6) is 0.494. The second kappa shape index (κ2) is 3.42. The van der Waals surface area contributed by atoms with E-state index in [1.165, 1.54) is 5.56 Å². The highest BCUT2D eigenvalue weighted by molar-refractivity contribution is 5.42. The quantitative estimate of drug-likeness (QED) is 0.786. The van der Waals surface area contributed by atoms with E-state index in [-0.39, 0.29) is 6.61 Å². The Hall–Kier alpha value is -1.35. The van der Waals surface area contributed by atoms with Gasteiger partial charge in [-0.1, -0.05) is 19.9 Å². The van der Waals surface area contributed by atoms with Crippen molar-refractivity contribution in [2.24, 2.45) is 0 Å². The van der Waals surface area contributed by atoms with Crippen molar-refractivity contribution in [1.29, 1.82) is 0 Å². The third-order valence-electron chi connectivity index (χ3n) is 2.43. The fraction of sp³-hybridized carbons (Fsp3) is 0.364. The summed E-state index contributed by atoms with van der Waals surface area (Å²) in [6.07, 6.45) is 3.75. The first kappa shape index (κ1) is 9.21. The first-order valence-corrected chi connectivity index (χ1v) is 4.79. The monoisotopic (exact) mass is 190 g/mol. The van der Waals surface area contributed by atoms with E-state index in [0.717, 1.165) is 11.3 Å². The Morgan fingerprint density at radius 2 is 2.21 bits per heavy atom. The van der Waals surface area contributed by atoms with E-state index in [0.29, 0.717) is 5.92 Å². The van der Waals surface area contributed by atoms with Crippen LogP contribution >= 0.6 is 0 Å². The summed E-state index contributed by atoms with van der Waals surface area (Å²) in [6.45, 7) is 4.33. The maximum Gasteiger partial charge on any atom is 0.136 e. The van der Waals surface area contributed by atoms with Gasteiger partial charge in [0.2, 0.25) is 0 Å². The molecule has 2 rings (SSSR count). The van der Waals surface area contributed by atoms with Crippen LogP contribution in [0.5, 0.6) is 0 Å². The molecule has 2 aromatic heterocycles. The van der Waals surface area contributed by atoms with Crippen molar-refractivity contribution >= 4 is 5.65 Å². The second-order valence-electron chi connectivity index (χ2n) is 3.75. The highest BCUT2D eigenvalue weighted by Gasteiger charge is 2.04. The summed E-state index contributed by atoms with van der Waals surface area (Å²) in [6, 6.07) is 4.06. The molecule has 0 fully saturated rings. The van der Waals surface area contributed by atoms with E-state index >= 15 is 0 Å². The molecule has 0 atom stereocenters. The smallest absolute Gasteiger partial charge is 0.136 e. The van der Waals surface area contributed by atoms with Crippen molar-refractivity contribution in [2.45, 2.75) is 26.4 Å². The lowest BCUT2D eigenvalue weighted by molar-refractivity contribution is 0.276. The number of aromatic nitrogens is 2. The minimum absolute atomic E-state index is 0.0305. The molecule has 0 unspecified atom stereocenters. The average Bonchev–Trinajstić information content (AvgIpc) is 2.59. The largest absolute Gasteiger partial charge is 0.390 e. The molecule has 0 aliphatic rings. The van der Waals surface area contributed by atoms with Gasteiger partial charge in [0.1, 0.15) is 5.65 Å². The summed E-state index contributed by atoms with van der Waals surface area (Å²) in [4.78, 5) is 4.19. The maximum absolute atomic E-state index is 9.09. The van der Waals surface area contributed by atoms with Crippen LogP contribution in [0.15, 0.2) is 24.5 Å². The van der Waals surface area contributed by atoms with Crippen molar-refractivity contribution in [3.05, 3.63) is 35.8 Å². The Labute approximate surface area is 83.0 Å². The van der Waals surface area contributed by atoms with Crippen molar-refractivity contribution in [3.63, 3.8) is 0 Å². The minimum Gasteiger partial charge on any atom is -0.390 e. The van der Waals surface area contributed by atoms with Crippen molar-refractivity contribution < 1.29 is 5.11 Å². The molecule has 2 aromatic rings. The van der Waals surface area contributed by atoms with E-state index in [1.54, 1.807) is 6.20 Å². The van der Waals surface area contributed by atoms with E-state index in [9.17, 15) is 0 Å². The number of imidazole rings is 1. The van der Waals surface area contributed by atoms with Gasteiger partial charge in [-0.2, -0.15) is 0 Å². The van der Waals surface area contributed by atoms with Gasteiger partial charge < -0.3 is 9.51 Å². The van der Waals surface area contributed by atoms with Crippen LogP contribution in [-0.2, 0) is 6.61 Å². The number of rotatable bonds is 2. The molecule has 74 valence electrons. The van der Waals surface area contributed by atoms with Gasteiger partial charge in [-0.3, -0.25) is 0 Å². The summed E-state index contributed by atoms with van der Waals surface area (Å²) >= 11 is 0. The third kappa shape index (κ3) is 1.40. The molecule has 3 nitrogen and oxygen atoms in total. The molecule has 0 aliphatic carbocycles. The number of aliphatic hydroxyl groups is 1. The summed E-state index contributed by atoms with van der Waals surface area (Å²) in [5.41, 5.74) is 2.98. The number of fused-ring (bicyclic) bond motifs is 1. The van der Waals surface area contributed by atoms with Crippen LogP contribution in [-0.4, -0.2) is 14.5 Å². The lowest BCUT2D eigenvalue weighted by Crippen LogP contribution is -1.96. The van der Waals surface area contributed by atoms with Gasteiger partial charge in [0.15, 0.2) is 0 Å². The van der Waals surface area contributed by atoms with Crippen LogP contribution in [0.1, 0.15) is 31.0 Å². The molecule has 0 radical (unpaired) electrons. The first-order valence-electron chi connectivity index (χ1n) is 4.79. The van der Waals surface area contributed by atoms with Gasteiger partial charge in [0.05, 0.1) is 18.5 Å².